The van der Waals surface area contributed by atoms with Crippen LogP contribution in [0, 0.1) is 13.8 Å². The highest BCUT2D eigenvalue weighted by Crippen LogP contribution is 2.29. The van der Waals surface area contributed by atoms with Gasteiger partial charge < -0.3 is 24.9 Å². The summed E-state index contributed by atoms with van der Waals surface area (Å²) in [6.45, 7) is 3.56. The van der Waals surface area contributed by atoms with Gasteiger partial charge in [0.25, 0.3) is 0 Å². The molecule has 158 valence electrons. The number of benzene rings is 2. The fourth-order valence-corrected chi connectivity index (χ4v) is 3.11. The number of rotatable bonds is 6. The lowest BCUT2D eigenvalue weighted by atomic mass is 10.1. The van der Waals surface area contributed by atoms with E-state index in [0.29, 0.717) is 16.9 Å². The van der Waals surface area contributed by atoms with Gasteiger partial charge in [-0.05, 0) is 43.7 Å². The Labute approximate surface area is 178 Å². The van der Waals surface area contributed by atoms with E-state index in [1.54, 1.807) is 32.2 Å². The number of nitrogen functional groups attached to an aromatic ring is 1. The van der Waals surface area contributed by atoms with Crippen molar-refractivity contribution in [1.82, 2.24) is 15.0 Å². The lowest BCUT2D eigenvalue weighted by Gasteiger charge is -2.09. The molecule has 4 aromatic rings. The van der Waals surface area contributed by atoms with E-state index in [0.717, 1.165) is 16.6 Å². The maximum atomic E-state index is 12.6. The number of hydrogen-bond donors (Lipinski definition) is 2. The number of furan rings is 1. The zero-order valence-corrected chi connectivity index (χ0v) is 17.3. The van der Waals surface area contributed by atoms with Gasteiger partial charge >= 0.3 is 5.97 Å². The van der Waals surface area contributed by atoms with Crippen molar-refractivity contribution in [1.29, 1.82) is 0 Å². The third-order valence-corrected chi connectivity index (χ3v) is 4.75. The molecule has 0 aliphatic heterocycles. The first-order valence-electron chi connectivity index (χ1n) is 9.52. The molecule has 9 nitrogen and oxygen atoms in total. The van der Waals surface area contributed by atoms with Crippen LogP contribution in [0.3, 0.4) is 0 Å². The zero-order valence-electron chi connectivity index (χ0n) is 17.3. The van der Waals surface area contributed by atoms with Gasteiger partial charge in [0.1, 0.15) is 11.3 Å². The SMILES string of the molecule is COc1ccc2oc(C(=O)OCc3nc(N)nc(Nc4ccccc4C)n3)c(C)c2c1. The molecule has 0 saturated heterocycles. The Morgan fingerprint density at radius 2 is 1.94 bits per heavy atom. The average molecular weight is 419 g/mol. The summed E-state index contributed by atoms with van der Waals surface area (Å²) < 4.78 is 16.3. The molecule has 31 heavy (non-hydrogen) atoms. The van der Waals surface area contributed by atoms with Crippen molar-refractivity contribution in [3.63, 3.8) is 0 Å². The van der Waals surface area contributed by atoms with Gasteiger partial charge in [0.15, 0.2) is 12.4 Å². The lowest BCUT2D eigenvalue weighted by molar-refractivity contribution is 0.0427. The second-order valence-corrected chi connectivity index (χ2v) is 6.87. The number of esters is 1. The number of fused-ring (bicyclic) bond motifs is 1. The largest absolute Gasteiger partial charge is 0.497 e. The van der Waals surface area contributed by atoms with Gasteiger partial charge in [-0.25, -0.2) is 4.79 Å². The summed E-state index contributed by atoms with van der Waals surface area (Å²) in [5.41, 5.74) is 8.89. The Balaban J connectivity index is 1.51. The van der Waals surface area contributed by atoms with Gasteiger partial charge in [0.2, 0.25) is 17.7 Å². The predicted molar refractivity (Wildman–Crippen MR) is 115 cm³/mol. The van der Waals surface area contributed by atoms with Crippen molar-refractivity contribution in [2.75, 3.05) is 18.2 Å². The molecule has 2 aromatic carbocycles. The van der Waals surface area contributed by atoms with Crippen molar-refractivity contribution >= 4 is 34.5 Å². The number of ether oxygens (including phenoxy) is 2. The van der Waals surface area contributed by atoms with Crippen LogP contribution in [0.25, 0.3) is 11.0 Å². The number of aromatic nitrogens is 3. The number of methoxy groups -OCH3 is 1. The molecule has 0 atom stereocenters. The fourth-order valence-electron chi connectivity index (χ4n) is 3.11. The fraction of sp³-hybridized carbons (Fsp3) is 0.182. The van der Waals surface area contributed by atoms with Crippen LogP contribution in [0.4, 0.5) is 17.6 Å². The summed E-state index contributed by atoms with van der Waals surface area (Å²) in [5, 5.41) is 3.88. The predicted octanol–water partition coefficient (Wildman–Crippen LogP) is 3.93. The number of nitrogens with two attached hydrogens (primary N) is 1. The number of nitrogens with zero attached hydrogens (tertiary/aromatic N) is 3. The van der Waals surface area contributed by atoms with Crippen LogP contribution < -0.4 is 15.8 Å². The van der Waals surface area contributed by atoms with Crippen molar-refractivity contribution in [3.8, 4) is 5.75 Å². The number of nitrogens with one attached hydrogen (secondary N) is 1. The van der Waals surface area contributed by atoms with E-state index in [4.69, 9.17) is 19.6 Å². The van der Waals surface area contributed by atoms with E-state index in [9.17, 15) is 4.79 Å². The minimum Gasteiger partial charge on any atom is -0.497 e. The Bertz CT molecular complexity index is 1270. The number of carbonyl (C=O) groups excluding carboxylic acids is 1. The van der Waals surface area contributed by atoms with E-state index in [1.807, 2.05) is 31.2 Å². The highest BCUT2D eigenvalue weighted by molar-refractivity contribution is 5.96. The molecular formula is C22H21N5O4. The average Bonchev–Trinajstić information content (AvgIpc) is 3.09. The van der Waals surface area contributed by atoms with Gasteiger partial charge in [-0.15, -0.1) is 0 Å². The van der Waals surface area contributed by atoms with E-state index < -0.39 is 5.97 Å². The van der Waals surface area contributed by atoms with Crippen molar-refractivity contribution in [2.24, 2.45) is 0 Å². The van der Waals surface area contributed by atoms with Crippen LogP contribution in [0.1, 0.15) is 27.5 Å². The maximum Gasteiger partial charge on any atom is 0.375 e. The Hall–Kier alpha value is -4.14. The van der Waals surface area contributed by atoms with E-state index in [2.05, 4.69) is 20.3 Å². The molecule has 9 heteroatoms. The first kappa shape index (κ1) is 20.1. The number of carbonyl (C=O) groups is 1. The molecule has 4 rings (SSSR count). The smallest absolute Gasteiger partial charge is 0.375 e. The molecule has 2 aromatic heterocycles. The molecular weight excluding hydrogens is 398 g/mol. The number of para-hydroxylation sites is 1. The molecule has 0 bridgehead atoms. The number of aryl methyl sites for hydroxylation is 2. The normalized spacial score (nSPS) is 10.8. The highest BCUT2D eigenvalue weighted by Gasteiger charge is 2.20. The first-order valence-corrected chi connectivity index (χ1v) is 9.52. The number of hydrogen-bond acceptors (Lipinski definition) is 9. The van der Waals surface area contributed by atoms with Gasteiger partial charge in [0.05, 0.1) is 7.11 Å². The number of anilines is 3. The second kappa shape index (κ2) is 8.31. The van der Waals surface area contributed by atoms with Crippen molar-refractivity contribution in [2.45, 2.75) is 20.5 Å². The van der Waals surface area contributed by atoms with E-state index in [-0.39, 0.29) is 30.1 Å². The molecule has 0 unspecified atom stereocenters. The summed E-state index contributed by atoms with van der Waals surface area (Å²) in [6, 6.07) is 13.0. The molecule has 0 radical (unpaired) electrons. The molecule has 2 heterocycles. The van der Waals surface area contributed by atoms with Gasteiger partial charge in [0, 0.05) is 16.6 Å². The molecule has 0 aliphatic rings. The standard InChI is InChI=1S/C22H21N5O4/c1-12-6-4-5-7-16(12)24-22-26-18(25-21(23)27-22)11-30-20(28)19-13(2)15-10-14(29-3)8-9-17(15)31-19/h4-10H,11H2,1-3H3,(H3,23,24,25,26,27). The van der Waals surface area contributed by atoms with Gasteiger partial charge in [-0.3, -0.25) is 0 Å². The van der Waals surface area contributed by atoms with Crippen LogP contribution in [0.2, 0.25) is 0 Å². The Morgan fingerprint density at radius 3 is 2.71 bits per heavy atom. The molecule has 0 fully saturated rings. The van der Waals surface area contributed by atoms with Crippen molar-refractivity contribution < 1.29 is 18.7 Å². The molecule has 0 spiro atoms. The van der Waals surface area contributed by atoms with Gasteiger partial charge in [-0.1, -0.05) is 18.2 Å². The summed E-state index contributed by atoms with van der Waals surface area (Å²) in [7, 11) is 1.58. The molecule has 3 N–H and O–H groups in total. The van der Waals surface area contributed by atoms with E-state index in [1.165, 1.54) is 0 Å². The highest BCUT2D eigenvalue weighted by atomic mass is 16.5. The topological polar surface area (TPSA) is 125 Å². The third-order valence-electron chi connectivity index (χ3n) is 4.75. The third kappa shape index (κ3) is 4.25. The van der Waals surface area contributed by atoms with Crippen LogP contribution in [-0.2, 0) is 11.3 Å². The second-order valence-electron chi connectivity index (χ2n) is 6.87. The monoisotopic (exact) mass is 419 g/mol. The van der Waals surface area contributed by atoms with E-state index >= 15 is 0 Å². The summed E-state index contributed by atoms with van der Waals surface area (Å²) in [6.07, 6.45) is 0. The first-order chi connectivity index (χ1) is 14.9. The van der Waals surface area contributed by atoms with Crippen LogP contribution in [0.5, 0.6) is 5.75 Å². The van der Waals surface area contributed by atoms with Crippen LogP contribution in [-0.4, -0.2) is 28.0 Å². The van der Waals surface area contributed by atoms with Crippen LogP contribution in [0.15, 0.2) is 46.9 Å². The van der Waals surface area contributed by atoms with Crippen LogP contribution >= 0.6 is 0 Å². The Morgan fingerprint density at radius 1 is 1.13 bits per heavy atom. The quantitative estimate of drug-likeness (QED) is 0.447. The van der Waals surface area contributed by atoms with Crippen molar-refractivity contribution in [3.05, 3.63) is 65.2 Å². The zero-order chi connectivity index (χ0) is 22.0. The minimum absolute atomic E-state index is 0.0177. The lowest BCUT2D eigenvalue weighted by Crippen LogP contribution is -2.11. The molecule has 0 aliphatic carbocycles. The maximum absolute atomic E-state index is 12.6. The Kier molecular flexibility index (Phi) is 5.40. The molecule has 0 saturated carbocycles. The minimum atomic E-state index is -0.625. The molecule has 0 amide bonds. The summed E-state index contributed by atoms with van der Waals surface area (Å²) in [5.74, 6) is 0.658. The van der Waals surface area contributed by atoms with Gasteiger partial charge in [-0.2, -0.15) is 15.0 Å². The summed E-state index contributed by atoms with van der Waals surface area (Å²) in [4.78, 5) is 25.0. The summed E-state index contributed by atoms with van der Waals surface area (Å²) >= 11 is 0.